The fraction of sp³-hybridized carbons (Fsp3) is 0.320. The Morgan fingerprint density at radius 2 is 2.00 bits per heavy atom. The molecule has 0 saturated heterocycles. The molecule has 0 radical (unpaired) electrons. The third-order valence-electron chi connectivity index (χ3n) is 6.36. The molecule has 0 unspecified atom stereocenters. The summed E-state index contributed by atoms with van der Waals surface area (Å²) in [7, 11) is 1.97. The molecule has 0 spiro atoms. The molecule has 0 atom stereocenters. The van der Waals surface area contributed by atoms with Gasteiger partial charge in [-0.05, 0) is 68.0 Å². The van der Waals surface area contributed by atoms with Crippen LogP contribution in [0.1, 0.15) is 37.8 Å². The van der Waals surface area contributed by atoms with Crippen LogP contribution in [0.25, 0.3) is 33.1 Å². The summed E-state index contributed by atoms with van der Waals surface area (Å²) in [5.41, 5.74) is 16.5. The molecule has 29 heavy (non-hydrogen) atoms. The number of anilines is 1. The van der Waals surface area contributed by atoms with Crippen LogP contribution >= 0.6 is 0 Å². The maximum atomic E-state index is 6.34. The van der Waals surface area contributed by atoms with Gasteiger partial charge in [-0.2, -0.15) is 0 Å². The molecule has 1 aromatic heterocycles. The summed E-state index contributed by atoms with van der Waals surface area (Å²) in [4.78, 5) is 4.64. The normalized spacial score (nSPS) is 16.7. The number of nitrogens with one attached hydrogen (secondary N) is 1. The summed E-state index contributed by atoms with van der Waals surface area (Å²) >= 11 is 0. The lowest BCUT2D eigenvalue weighted by Gasteiger charge is -2.14. The van der Waals surface area contributed by atoms with Crippen LogP contribution in [0.15, 0.2) is 47.5 Å². The van der Waals surface area contributed by atoms with E-state index in [-0.39, 0.29) is 0 Å². The smallest absolute Gasteiger partial charge is 0.0610 e. The molecule has 5 rings (SSSR count). The van der Waals surface area contributed by atoms with Crippen molar-refractivity contribution in [2.24, 2.45) is 16.6 Å². The van der Waals surface area contributed by atoms with E-state index in [2.05, 4.69) is 65.6 Å². The minimum absolute atomic E-state index is 0.622. The molecular formula is C25H28N4. The Hall–Kier alpha value is -3.01. The van der Waals surface area contributed by atoms with E-state index in [0.29, 0.717) is 5.70 Å². The van der Waals surface area contributed by atoms with Crippen molar-refractivity contribution in [3.05, 3.63) is 53.6 Å². The zero-order valence-electron chi connectivity index (χ0n) is 17.5. The first-order valence-corrected chi connectivity index (χ1v) is 10.4. The van der Waals surface area contributed by atoms with E-state index in [1.165, 1.54) is 51.4 Å². The average molecular weight is 385 g/mol. The molecule has 2 aliphatic rings. The van der Waals surface area contributed by atoms with E-state index in [0.717, 1.165) is 36.0 Å². The van der Waals surface area contributed by atoms with Crippen LogP contribution in [-0.2, 0) is 6.54 Å². The molecule has 2 aromatic carbocycles. The minimum Gasteiger partial charge on any atom is -0.399 e. The lowest BCUT2D eigenvalue weighted by Crippen LogP contribution is -2.05. The topological polar surface area (TPSA) is 55.3 Å². The number of allylic oxidation sites excluding steroid dienone is 1. The van der Waals surface area contributed by atoms with E-state index in [4.69, 9.17) is 5.73 Å². The van der Waals surface area contributed by atoms with Gasteiger partial charge in [-0.3, -0.25) is 4.99 Å². The predicted molar refractivity (Wildman–Crippen MR) is 126 cm³/mol. The standard InChI is InChI=1S/C25H28N4/c1-14-12-28-16(3)24(14)18-9-21(15(2)26)25-22(10-18)20-8-7-19(27-4)11-23(20)29(25)13-17-5-6-17/h7-11,17,27H,2,5-6,12-13,26H2,1,3-4H3. The van der Waals surface area contributed by atoms with Gasteiger partial charge >= 0.3 is 0 Å². The van der Waals surface area contributed by atoms with Crippen molar-refractivity contribution in [2.75, 3.05) is 18.9 Å². The highest BCUT2D eigenvalue weighted by atomic mass is 15.0. The number of nitrogens with zero attached hydrogens (tertiary/aromatic N) is 2. The Morgan fingerprint density at radius 3 is 2.62 bits per heavy atom. The summed E-state index contributed by atoms with van der Waals surface area (Å²) < 4.78 is 2.47. The van der Waals surface area contributed by atoms with Gasteiger partial charge in [0.1, 0.15) is 0 Å². The molecule has 0 bridgehead atoms. The SMILES string of the molecule is C=C(N)c1cc(C2=C(C)CN=C2C)cc2c3ccc(NC)cc3n(CC3CC3)c12. The summed E-state index contributed by atoms with van der Waals surface area (Å²) in [5, 5.41) is 5.81. The van der Waals surface area contributed by atoms with Crippen molar-refractivity contribution in [1.29, 1.82) is 0 Å². The molecule has 4 heteroatoms. The number of benzene rings is 2. The van der Waals surface area contributed by atoms with E-state index in [1.807, 2.05) is 7.05 Å². The Bertz CT molecular complexity index is 1230. The van der Waals surface area contributed by atoms with Crippen molar-refractivity contribution >= 4 is 44.5 Å². The number of fused-ring (bicyclic) bond motifs is 3. The van der Waals surface area contributed by atoms with Crippen LogP contribution in [-0.4, -0.2) is 23.9 Å². The first-order valence-electron chi connectivity index (χ1n) is 10.4. The summed E-state index contributed by atoms with van der Waals surface area (Å²) in [6.07, 6.45) is 2.62. The third-order valence-corrected chi connectivity index (χ3v) is 6.36. The van der Waals surface area contributed by atoms with Crippen molar-refractivity contribution < 1.29 is 0 Å². The fourth-order valence-electron chi connectivity index (χ4n) is 4.69. The minimum atomic E-state index is 0.622. The van der Waals surface area contributed by atoms with Gasteiger partial charge in [-0.1, -0.05) is 12.6 Å². The Morgan fingerprint density at radius 1 is 1.21 bits per heavy atom. The zero-order valence-corrected chi connectivity index (χ0v) is 17.5. The largest absolute Gasteiger partial charge is 0.399 e. The molecule has 2 heterocycles. The molecular weight excluding hydrogens is 356 g/mol. The van der Waals surface area contributed by atoms with Crippen molar-refractivity contribution in [2.45, 2.75) is 33.2 Å². The predicted octanol–water partition coefficient (Wildman–Crippen LogP) is 5.42. The second kappa shape index (κ2) is 6.51. The van der Waals surface area contributed by atoms with Crippen LogP contribution in [0, 0.1) is 5.92 Å². The second-order valence-electron chi connectivity index (χ2n) is 8.54. The Kier molecular flexibility index (Phi) is 4.05. The van der Waals surface area contributed by atoms with Crippen molar-refractivity contribution in [1.82, 2.24) is 4.57 Å². The fourth-order valence-corrected chi connectivity index (χ4v) is 4.69. The summed E-state index contributed by atoms with van der Waals surface area (Å²) in [6.45, 7) is 10.2. The molecule has 1 fully saturated rings. The molecule has 1 aliphatic carbocycles. The molecule has 148 valence electrons. The van der Waals surface area contributed by atoms with Gasteiger partial charge in [0.2, 0.25) is 0 Å². The van der Waals surface area contributed by atoms with Crippen LogP contribution in [0.4, 0.5) is 5.69 Å². The van der Waals surface area contributed by atoms with Gasteiger partial charge < -0.3 is 15.6 Å². The quantitative estimate of drug-likeness (QED) is 0.617. The number of nitrogens with two attached hydrogens (primary N) is 1. The van der Waals surface area contributed by atoms with Crippen LogP contribution in [0.2, 0.25) is 0 Å². The number of aromatic nitrogens is 1. The monoisotopic (exact) mass is 384 g/mol. The molecule has 4 nitrogen and oxygen atoms in total. The lowest BCUT2D eigenvalue weighted by molar-refractivity contribution is 0.664. The Balaban J connectivity index is 1.88. The van der Waals surface area contributed by atoms with E-state index >= 15 is 0 Å². The third kappa shape index (κ3) is 2.86. The van der Waals surface area contributed by atoms with Gasteiger partial charge in [0.25, 0.3) is 0 Å². The second-order valence-corrected chi connectivity index (χ2v) is 8.54. The van der Waals surface area contributed by atoms with Crippen LogP contribution in [0.3, 0.4) is 0 Å². The highest BCUT2D eigenvalue weighted by Gasteiger charge is 2.26. The highest BCUT2D eigenvalue weighted by molar-refractivity contribution is 6.26. The molecule has 3 N–H and O–H groups in total. The van der Waals surface area contributed by atoms with Gasteiger partial charge in [-0.25, -0.2) is 0 Å². The molecule has 3 aromatic rings. The van der Waals surface area contributed by atoms with Gasteiger partial charge in [0.05, 0.1) is 17.6 Å². The number of rotatable bonds is 5. The first-order chi connectivity index (χ1) is 14.0. The molecule has 0 amide bonds. The van der Waals surface area contributed by atoms with E-state index in [9.17, 15) is 0 Å². The lowest BCUT2D eigenvalue weighted by atomic mass is 9.94. The maximum absolute atomic E-state index is 6.34. The number of hydrogen-bond donors (Lipinski definition) is 2. The number of hydrogen-bond acceptors (Lipinski definition) is 3. The van der Waals surface area contributed by atoms with Gasteiger partial charge in [0.15, 0.2) is 0 Å². The zero-order chi connectivity index (χ0) is 20.3. The number of aliphatic imine (C=N–C) groups is 1. The highest BCUT2D eigenvalue weighted by Crippen LogP contribution is 2.40. The van der Waals surface area contributed by atoms with Gasteiger partial charge in [0, 0.05) is 52.6 Å². The van der Waals surface area contributed by atoms with E-state index in [1.54, 1.807) is 0 Å². The summed E-state index contributed by atoms with van der Waals surface area (Å²) in [5.74, 6) is 0.764. The van der Waals surface area contributed by atoms with E-state index < -0.39 is 0 Å². The van der Waals surface area contributed by atoms with Gasteiger partial charge in [-0.15, -0.1) is 0 Å². The summed E-state index contributed by atoms with van der Waals surface area (Å²) in [6, 6.07) is 11.2. The van der Waals surface area contributed by atoms with Crippen LogP contribution in [0.5, 0.6) is 0 Å². The van der Waals surface area contributed by atoms with Crippen LogP contribution < -0.4 is 11.1 Å². The average Bonchev–Trinajstić information content (AvgIpc) is 3.40. The molecule has 1 saturated carbocycles. The van der Waals surface area contributed by atoms with Crippen molar-refractivity contribution in [3.63, 3.8) is 0 Å². The first kappa shape index (κ1) is 18.0. The molecule has 1 aliphatic heterocycles. The Labute approximate surface area is 171 Å². The maximum Gasteiger partial charge on any atom is 0.0610 e. The van der Waals surface area contributed by atoms with Crippen molar-refractivity contribution in [3.8, 4) is 0 Å².